The van der Waals surface area contributed by atoms with Crippen LogP contribution in [-0.2, 0) is 25.5 Å². The Morgan fingerprint density at radius 2 is 2.05 bits per heavy atom. The smallest absolute Gasteiger partial charge is 0.328 e. The zero-order valence-corrected chi connectivity index (χ0v) is 13.3. The normalized spacial score (nSPS) is 18.8. The number of nitrogens with one attached hydrogen (secondary N) is 1. The maximum atomic E-state index is 12.2. The van der Waals surface area contributed by atoms with Gasteiger partial charge in [0.2, 0.25) is 5.91 Å². The molecule has 1 aromatic carbocycles. The lowest BCUT2D eigenvalue weighted by Gasteiger charge is -2.20. The van der Waals surface area contributed by atoms with Crippen LogP contribution in [0.15, 0.2) is 18.2 Å². The van der Waals surface area contributed by atoms with Crippen molar-refractivity contribution < 1.29 is 19.1 Å². The van der Waals surface area contributed by atoms with Crippen molar-refractivity contribution >= 4 is 11.9 Å². The summed E-state index contributed by atoms with van der Waals surface area (Å²) in [4.78, 5) is 24.3. The summed E-state index contributed by atoms with van der Waals surface area (Å²) >= 11 is 0. The Hall–Kier alpha value is -1.88. The van der Waals surface area contributed by atoms with Crippen molar-refractivity contribution in [3.63, 3.8) is 0 Å². The third-order valence-corrected chi connectivity index (χ3v) is 4.16. The molecule has 120 valence electrons. The molecule has 1 amide bonds. The third-order valence-electron chi connectivity index (χ3n) is 4.16. The summed E-state index contributed by atoms with van der Waals surface area (Å²) in [5.74, 6) is -0.737. The van der Waals surface area contributed by atoms with Crippen LogP contribution in [0.1, 0.15) is 23.1 Å². The van der Waals surface area contributed by atoms with E-state index < -0.39 is 12.0 Å². The van der Waals surface area contributed by atoms with Gasteiger partial charge in [0.1, 0.15) is 6.04 Å². The molecule has 0 aromatic heterocycles. The summed E-state index contributed by atoms with van der Waals surface area (Å²) in [6, 6.07) is 5.32. The Kier molecular flexibility index (Phi) is 5.55. The van der Waals surface area contributed by atoms with Crippen molar-refractivity contribution in [3.8, 4) is 0 Å². The molecule has 1 saturated heterocycles. The van der Waals surface area contributed by atoms with Gasteiger partial charge in [-0.3, -0.25) is 4.79 Å². The molecule has 1 aliphatic heterocycles. The number of hydrogen-bond acceptors (Lipinski definition) is 4. The highest BCUT2D eigenvalue weighted by molar-refractivity contribution is 5.86. The average Bonchev–Trinajstić information content (AvgIpc) is 3.03. The van der Waals surface area contributed by atoms with Crippen molar-refractivity contribution in [3.05, 3.63) is 34.9 Å². The van der Waals surface area contributed by atoms with Gasteiger partial charge in [0, 0.05) is 13.0 Å². The molecule has 0 bridgehead atoms. The predicted octanol–water partition coefficient (Wildman–Crippen LogP) is 1.54. The summed E-state index contributed by atoms with van der Waals surface area (Å²) < 4.78 is 10.1. The molecule has 0 saturated carbocycles. The minimum Gasteiger partial charge on any atom is -0.467 e. The van der Waals surface area contributed by atoms with Crippen molar-refractivity contribution in [2.24, 2.45) is 5.92 Å². The second-order valence-corrected chi connectivity index (χ2v) is 5.72. The SMILES string of the molecule is COC(=O)[C@@H](Cc1c(C)cccc1C)NC(=O)[C@H]1CCOC1. The summed E-state index contributed by atoms with van der Waals surface area (Å²) in [6.07, 6.45) is 1.13. The quantitative estimate of drug-likeness (QED) is 0.838. The topological polar surface area (TPSA) is 64.6 Å². The number of carbonyl (C=O) groups excluding carboxylic acids is 2. The Labute approximate surface area is 131 Å². The van der Waals surface area contributed by atoms with Gasteiger partial charge in [-0.15, -0.1) is 0 Å². The van der Waals surface area contributed by atoms with Gasteiger partial charge < -0.3 is 14.8 Å². The number of methoxy groups -OCH3 is 1. The second kappa shape index (κ2) is 7.40. The summed E-state index contributed by atoms with van der Waals surface area (Å²) in [5.41, 5.74) is 3.28. The van der Waals surface area contributed by atoms with Gasteiger partial charge in [0.05, 0.1) is 19.6 Å². The molecule has 0 aliphatic carbocycles. The highest BCUT2D eigenvalue weighted by Gasteiger charge is 2.29. The number of rotatable bonds is 5. The highest BCUT2D eigenvalue weighted by Crippen LogP contribution is 2.17. The van der Waals surface area contributed by atoms with Crippen LogP contribution in [0.25, 0.3) is 0 Å². The molecule has 0 spiro atoms. The Morgan fingerprint density at radius 1 is 1.36 bits per heavy atom. The van der Waals surface area contributed by atoms with E-state index in [0.29, 0.717) is 26.1 Å². The van der Waals surface area contributed by atoms with Gasteiger partial charge in [-0.25, -0.2) is 4.79 Å². The summed E-state index contributed by atoms with van der Waals surface area (Å²) in [6.45, 7) is 5.02. The molecule has 1 aliphatic rings. The Bertz CT molecular complexity index is 529. The Morgan fingerprint density at radius 3 is 2.59 bits per heavy atom. The molecule has 1 heterocycles. The van der Waals surface area contributed by atoms with Crippen LogP contribution in [0.2, 0.25) is 0 Å². The van der Waals surface area contributed by atoms with E-state index in [-0.39, 0.29) is 11.8 Å². The largest absolute Gasteiger partial charge is 0.467 e. The molecule has 2 rings (SSSR count). The second-order valence-electron chi connectivity index (χ2n) is 5.72. The molecule has 1 fully saturated rings. The first-order valence-corrected chi connectivity index (χ1v) is 7.54. The highest BCUT2D eigenvalue weighted by atomic mass is 16.5. The van der Waals surface area contributed by atoms with Crippen LogP contribution in [0, 0.1) is 19.8 Å². The maximum Gasteiger partial charge on any atom is 0.328 e. The molecule has 5 heteroatoms. The zero-order valence-electron chi connectivity index (χ0n) is 13.3. The molecule has 0 radical (unpaired) electrons. The fourth-order valence-electron chi connectivity index (χ4n) is 2.74. The molecular formula is C17H23NO4. The van der Waals surface area contributed by atoms with E-state index in [0.717, 1.165) is 16.7 Å². The number of aryl methyl sites for hydroxylation is 2. The van der Waals surface area contributed by atoms with Gasteiger partial charge in [-0.2, -0.15) is 0 Å². The molecule has 22 heavy (non-hydrogen) atoms. The predicted molar refractivity (Wildman–Crippen MR) is 82.5 cm³/mol. The van der Waals surface area contributed by atoms with E-state index in [2.05, 4.69) is 5.32 Å². The fraction of sp³-hybridized carbons (Fsp3) is 0.529. The summed E-state index contributed by atoms with van der Waals surface area (Å²) in [7, 11) is 1.34. The number of ether oxygens (including phenoxy) is 2. The molecule has 0 unspecified atom stereocenters. The van der Waals surface area contributed by atoms with Crippen molar-refractivity contribution in [2.45, 2.75) is 32.7 Å². The van der Waals surface area contributed by atoms with Crippen LogP contribution in [-0.4, -0.2) is 38.2 Å². The number of carbonyl (C=O) groups is 2. The van der Waals surface area contributed by atoms with Gasteiger partial charge in [-0.05, 0) is 37.0 Å². The van der Waals surface area contributed by atoms with Gasteiger partial charge in [0.25, 0.3) is 0 Å². The number of benzene rings is 1. The van der Waals surface area contributed by atoms with Crippen LogP contribution in [0.4, 0.5) is 0 Å². The first kappa shape index (κ1) is 16.5. The van der Waals surface area contributed by atoms with Crippen LogP contribution in [0.5, 0.6) is 0 Å². The van der Waals surface area contributed by atoms with E-state index in [1.807, 2.05) is 32.0 Å². The molecule has 5 nitrogen and oxygen atoms in total. The minimum absolute atomic E-state index is 0.140. The number of esters is 1. The Balaban J connectivity index is 2.12. The first-order chi connectivity index (χ1) is 10.5. The summed E-state index contributed by atoms with van der Waals surface area (Å²) in [5, 5.41) is 2.82. The van der Waals surface area contributed by atoms with E-state index in [1.165, 1.54) is 7.11 Å². The number of amides is 1. The zero-order chi connectivity index (χ0) is 16.1. The standard InChI is InChI=1S/C17H23NO4/c1-11-5-4-6-12(2)14(11)9-15(17(20)21-3)18-16(19)13-7-8-22-10-13/h4-6,13,15H,7-10H2,1-3H3,(H,18,19)/t13-,15+/m0/s1. The average molecular weight is 305 g/mol. The molecule has 1 aromatic rings. The van der Waals surface area contributed by atoms with Gasteiger partial charge >= 0.3 is 5.97 Å². The lowest BCUT2D eigenvalue weighted by molar-refractivity contribution is -0.145. The first-order valence-electron chi connectivity index (χ1n) is 7.54. The lowest BCUT2D eigenvalue weighted by atomic mass is 9.96. The van der Waals surface area contributed by atoms with E-state index in [4.69, 9.17) is 9.47 Å². The van der Waals surface area contributed by atoms with E-state index in [9.17, 15) is 9.59 Å². The van der Waals surface area contributed by atoms with Crippen molar-refractivity contribution in [2.75, 3.05) is 20.3 Å². The monoisotopic (exact) mass is 305 g/mol. The van der Waals surface area contributed by atoms with E-state index >= 15 is 0 Å². The molecule has 1 N–H and O–H groups in total. The van der Waals surface area contributed by atoms with E-state index in [1.54, 1.807) is 0 Å². The van der Waals surface area contributed by atoms with Crippen molar-refractivity contribution in [1.82, 2.24) is 5.32 Å². The molecular weight excluding hydrogens is 282 g/mol. The van der Waals surface area contributed by atoms with Gasteiger partial charge in [-0.1, -0.05) is 18.2 Å². The van der Waals surface area contributed by atoms with Crippen LogP contribution in [0.3, 0.4) is 0 Å². The third kappa shape index (κ3) is 3.85. The van der Waals surface area contributed by atoms with Crippen molar-refractivity contribution in [1.29, 1.82) is 0 Å². The van der Waals surface area contributed by atoms with Crippen LogP contribution >= 0.6 is 0 Å². The maximum absolute atomic E-state index is 12.2. The fourth-order valence-corrected chi connectivity index (χ4v) is 2.74. The lowest BCUT2D eigenvalue weighted by Crippen LogP contribution is -2.45. The van der Waals surface area contributed by atoms with Gasteiger partial charge in [0.15, 0.2) is 0 Å². The van der Waals surface area contributed by atoms with Crippen LogP contribution < -0.4 is 5.32 Å². The molecule has 2 atom stereocenters. The number of hydrogen-bond donors (Lipinski definition) is 1. The minimum atomic E-state index is -0.669.